The Morgan fingerprint density at radius 1 is 1.37 bits per heavy atom. The summed E-state index contributed by atoms with van der Waals surface area (Å²) in [5.41, 5.74) is -2.59. The summed E-state index contributed by atoms with van der Waals surface area (Å²) in [6.07, 6.45) is 4.68. The Balaban J connectivity index is 1.89. The van der Waals surface area contributed by atoms with E-state index in [-0.39, 0.29) is 23.7 Å². The number of aromatic nitrogens is 1. The maximum Gasteiger partial charge on any atom is 0.210 e. The van der Waals surface area contributed by atoms with Crippen LogP contribution in [0.1, 0.15) is 55.7 Å². The predicted molar refractivity (Wildman–Crippen MR) is 107 cm³/mol. The van der Waals surface area contributed by atoms with Gasteiger partial charge in [0.1, 0.15) is 23.2 Å². The summed E-state index contributed by atoms with van der Waals surface area (Å²) in [6.45, 7) is 2.73. The third-order valence-electron chi connectivity index (χ3n) is 6.10. The zero-order valence-electron chi connectivity index (χ0n) is 16.7. The Morgan fingerprint density at radius 3 is 2.70 bits per heavy atom. The molecule has 8 heteroatoms. The number of sulfone groups is 1. The Bertz CT molecular complexity index is 1140. The molecule has 2 aromatic rings. The second kappa shape index (κ2) is 7.31. The van der Waals surface area contributed by atoms with E-state index < -0.39 is 26.9 Å². The third kappa shape index (κ3) is 3.35. The van der Waals surface area contributed by atoms with Gasteiger partial charge in [-0.2, -0.15) is 5.26 Å². The highest BCUT2D eigenvalue weighted by Gasteiger charge is 2.55. The molecule has 3 unspecified atom stereocenters. The maximum atomic E-state index is 16.0. The fourth-order valence-corrected chi connectivity index (χ4v) is 5.59. The molecule has 0 amide bonds. The van der Waals surface area contributed by atoms with Crippen LogP contribution >= 0.6 is 0 Å². The van der Waals surface area contributed by atoms with E-state index in [1.807, 2.05) is 6.07 Å². The molecule has 0 bridgehead atoms. The molecule has 0 spiro atoms. The van der Waals surface area contributed by atoms with Crippen molar-refractivity contribution >= 4 is 9.84 Å². The van der Waals surface area contributed by atoms with E-state index in [1.165, 1.54) is 30.6 Å². The minimum absolute atomic E-state index is 0.00469. The standard InChI is InChI=1S/C22H22F2N2O3S/c1-3-22(24)9-17-18(29-16-8-14(10-25)11-26-12-16)6-7-19(30(27,28)13(2)23)20(17)21(22)15-4-5-15/h6-8,11-13,15,21H,3-5,9H2,1-2H3. The maximum absolute atomic E-state index is 16.0. The number of hydrogen-bond acceptors (Lipinski definition) is 5. The van der Waals surface area contributed by atoms with Gasteiger partial charge in [-0.1, -0.05) is 6.92 Å². The fraction of sp³-hybridized carbons (Fsp3) is 0.455. The first-order valence-corrected chi connectivity index (χ1v) is 11.5. The van der Waals surface area contributed by atoms with Crippen molar-refractivity contribution in [1.82, 2.24) is 4.98 Å². The number of pyridine rings is 1. The molecule has 158 valence electrons. The van der Waals surface area contributed by atoms with Gasteiger partial charge in [-0.3, -0.25) is 4.98 Å². The van der Waals surface area contributed by atoms with E-state index in [9.17, 15) is 12.8 Å². The number of hydrogen-bond donors (Lipinski definition) is 0. The predicted octanol–water partition coefficient (Wildman–Crippen LogP) is 5.00. The second-order valence-electron chi connectivity index (χ2n) is 8.05. The van der Waals surface area contributed by atoms with Gasteiger partial charge in [0.05, 0.1) is 16.7 Å². The number of benzene rings is 1. The Labute approximate surface area is 174 Å². The quantitative estimate of drug-likeness (QED) is 0.642. The van der Waals surface area contributed by atoms with Gasteiger partial charge in [-0.05, 0) is 49.8 Å². The molecule has 0 N–H and O–H groups in total. The first-order chi connectivity index (χ1) is 14.2. The minimum atomic E-state index is -4.24. The van der Waals surface area contributed by atoms with Crippen LogP contribution in [0.25, 0.3) is 0 Å². The van der Waals surface area contributed by atoms with Gasteiger partial charge < -0.3 is 4.74 Å². The molecule has 1 saturated carbocycles. The molecule has 1 aromatic carbocycles. The van der Waals surface area contributed by atoms with Gasteiger partial charge in [-0.25, -0.2) is 17.2 Å². The number of nitriles is 1. The van der Waals surface area contributed by atoms with Crippen molar-refractivity contribution in [3.8, 4) is 17.6 Å². The first kappa shape index (κ1) is 20.7. The summed E-state index contributed by atoms with van der Waals surface area (Å²) in [4.78, 5) is 3.81. The summed E-state index contributed by atoms with van der Waals surface area (Å²) in [5, 5.41) is 9.07. The van der Waals surface area contributed by atoms with Crippen LogP contribution in [-0.2, 0) is 16.3 Å². The smallest absolute Gasteiger partial charge is 0.210 e. The van der Waals surface area contributed by atoms with Gasteiger partial charge in [0, 0.05) is 30.2 Å². The van der Waals surface area contributed by atoms with E-state index in [0.717, 1.165) is 19.8 Å². The van der Waals surface area contributed by atoms with Gasteiger partial charge in [0.25, 0.3) is 0 Å². The lowest BCUT2D eigenvalue weighted by Gasteiger charge is -2.27. The van der Waals surface area contributed by atoms with Crippen molar-refractivity contribution in [2.75, 3.05) is 0 Å². The molecule has 2 aliphatic carbocycles. The van der Waals surface area contributed by atoms with E-state index in [0.29, 0.717) is 28.2 Å². The lowest BCUT2D eigenvalue weighted by Crippen LogP contribution is -2.29. The summed E-state index contributed by atoms with van der Waals surface area (Å²) in [5.74, 6) is 0.0413. The molecule has 1 heterocycles. The van der Waals surface area contributed by atoms with Crippen LogP contribution in [0.15, 0.2) is 35.5 Å². The summed E-state index contributed by atoms with van der Waals surface area (Å²) in [6, 6.07) is 6.24. The molecule has 0 radical (unpaired) electrons. The van der Waals surface area contributed by atoms with E-state index >= 15 is 4.39 Å². The zero-order chi connectivity index (χ0) is 21.7. The molecule has 5 nitrogen and oxygen atoms in total. The highest BCUT2D eigenvalue weighted by Crippen LogP contribution is 2.60. The van der Waals surface area contributed by atoms with Crippen LogP contribution in [-0.4, -0.2) is 24.6 Å². The van der Waals surface area contributed by atoms with Crippen molar-refractivity contribution in [2.24, 2.45) is 5.92 Å². The summed E-state index contributed by atoms with van der Waals surface area (Å²) < 4.78 is 61.4. The molecular weight excluding hydrogens is 410 g/mol. The van der Waals surface area contributed by atoms with Crippen LogP contribution in [0.3, 0.4) is 0 Å². The topological polar surface area (TPSA) is 80.0 Å². The van der Waals surface area contributed by atoms with Crippen LogP contribution < -0.4 is 4.74 Å². The van der Waals surface area contributed by atoms with Crippen LogP contribution in [0, 0.1) is 17.2 Å². The molecule has 1 aromatic heterocycles. The Kier molecular flexibility index (Phi) is 5.05. The van der Waals surface area contributed by atoms with Crippen LogP contribution in [0.5, 0.6) is 11.5 Å². The minimum Gasteiger partial charge on any atom is -0.455 e. The monoisotopic (exact) mass is 432 g/mol. The number of fused-ring (bicyclic) bond motifs is 1. The highest BCUT2D eigenvalue weighted by atomic mass is 32.2. The Morgan fingerprint density at radius 2 is 2.10 bits per heavy atom. The van der Waals surface area contributed by atoms with Crippen molar-refractivity contribution in [1.29, 1.82) is 5.26 Å². The molecule has 4 rings (SSSR count). The molecule has 0 saturated heterocycles. The number of nitrogens with zero attached hydrogens (tertiary/aromatic N) is 2. The number of ether oxygens (including phenoxy) is 1. The van der Waals surface area contributed by atoms with Crippen molar-refractivity contribution < 1.29 is 21.9 Å². The third-order valence-corrected chi connectivity index (χ3v) is 7.92. The molecule has 0 aliphatic heterocycles. The van der Waals surface area contributed by atoms with Gasteiger partial charge in [0.2, 0.25) is 15.3 Å². The van der Waals surface area contributed by atoms with Gasteiger partial charge >= 0.3 is 0 Å². The molecule has 3 atom stereocenters. The number of alkyl halides is 2. The van der Waals surface area contributed by atoms with Gasteiger partial charge in [0.15, 0.2) is 0 Å². The van der Waals surface area contributed by atoms with Gasteiger partial charge in [-0.15, -0.1) is 0 Å². The second-order valence-corrected chi connectivity index (χ2v) is 10.2. The first-order valence-electron chi connectivity index (χ1n) is 9.97. The van der Waals surface area contributed by atoms with Crippen LogP contribution in [0.2, 0.25) is 0 Å². The average Bonchev–Trinajstić information content (AvgIpc) is 3.50. The highest BCUT2D eigenvalue weighted by molar-refractivity contribution is 7.92. The number of rotatable bonds is 6. The van der Waals surface area contributed by atoms with Crippen LogP contribution in [0.4, 0.5) is 8.78 Å². The summed E-state index contributed by atoms with van der Waals surface area (Å²) >= 11 is 0. The van der Waals surface area contributed by atoms with E-state index in [2.05, 4.69) is 4.98 Å². The SMILES string of the molecule is CCC1(F)Cc2c(Oc3cncc(C#N)c3)ccc(S(=O)(=O)C(C)F)c2C1C1CC1. The molecule has 1 fully saturated rings. The van der Waals surface area contributed by atoms with Crippen molar-refractivity contribution in [3.63, 3.8) is 0 Å². The average molecular weight is 432 g/mol. The zero-order valence-corrected chi connectivity index (χ0v) is 17.5. The van der Waals surface area contributed by atoms with Crippen molar-refractivity contribution in [2.45, 2.75) is 61.5 Å². The lowest BCUT2D eigenvalue weighted by molar-refractivity contribution is 0.121. The normalized spacial score (nSPS) is 24.2. The largest absolute Gasteiger partial charge is 0.455 e. The van der Waals surface area contributed by atoms with Crippen molar-refractivity contribution in [3.05, 3.63) is 47.3 Å². The van der Waals surface area contributed by atoms with E-state index in [1.54, 1.807) is 6.92 Å². The Hall–Kier alpha value is -2.53. The summed E-state index contributed by atoms with van der Waals surface area (Å²) in [7, 11) is -4.24. The molecule has 2 aliphatic rings. The van der Waals surface area contributed by atoms with E-state index in [4.69, 9.17) is 10.00 Å². The number of halogens is 2. The lowest BCUT2D eigenvalue weighted by atomic mass is 9.84. The molecular formula is C22H22F2N2O3S. The molecule has 30 heavy (non-hydrogen) atoms. The fourth-order valence-electron chi connectivity index (χ4n) is 4.42.